The molecule has 1 aliphatic rings. The molecule has 0 aromatic rings. The van der Waals surface area contributed by atoms with Crippen LogP contribution in [0.25, 0.3) is 0 Å². The van der Waals surface area contributed by atoms with E-state index in [9.17, 15) is 0 Å². The number of allylic oxidation sites excluding steroid dienone is 2. The lowest BCUT2D eigenvalue weighted by Crippen LogP contribution is -2.09. The van der Waals surface area contributed by atoms with Crippen molar-refractivity contribution in [2.75, 3.05) is 0 Å². The standard InChI is InChI=1S/C12H22/c1-9(2)11-7-5-6-8-12(11)10(3)4/h9-10H,5-8H2,1-4H3. The van der Waals surface area contributed by atoms with Crippen LogP contribution >= 0.6 is 0 Å². The van der Waals surface area contributed by atoms with Crippen molar-refractivity contribution in [1.29, 1.82) is 0 Å². The fourth-order valence-electron chi connectivity index (χ4n) is 2.27. The average molecular weight is 166 g/mol. The van der Waals surface area contributed by atoms with Crippen molar-refractivity contribution in [1.82, 2.24) is 0 Å². The quantitative estimate of drug-likeness (QED) is 0.540. The van der Waals surface area contributed by atoms with Gasteiger partial charge < -0.3 is 0 Å². The van der Waals surface area contributed by atoms with E-state index >= 15 is 0 Å². The maximum atomic E-state index is 2.34. The van der Waals surface area contributed by atoms with Gasteiger partial charge in [-0.3, -0.25) is 0 Å². The van der Waals surface area contributed by atoms with Crippen molar-refractivity contribution in [3.05, 3.63) is 11.1 Å². The highest BCUT2D eigenvalue weighted by atomic mass is 14.2. The van der Waals surface area contributed by atoms with E-state index in [0.29, 0.717) is 0 Å². The minimum Gasteiger partial charge on any atom is -0.0682 e. The van der Waals surface area contributed by atoms with Gasteiger partial charge in [0.05, 0.1) is 0 Å². The molecule has 0 aliphatic heterocycles. The van der Waals surface area contributed by atoms with E-state index in [1.165, 1.54) is 25.7 Å². The molecule has 12 heavy (non-hydrogen) atoms. The molecule has 0 amide bonds. The molecule has 0 aromatic heterocycles. The average Bonchev–Trinajstić information content (AvgIpc) is 2.04. The van der Waals surface area contributed by atoms with Crippen LogP contribution in [0, 0.1) is 11.8 Å². The maximum Gasteiger partial charge on any atom is -0.0257 e. The van der Waals surface area contributed by atoms with E-state index in [2.05, 4.69) is 27.7 Å². The lowest BCUT2D eigenvalue weighted by atomic mass is 9.81. The van der Waals surface area contributed by atoms with Gasteiger partial charge in [0.15, 0.2) is 0 Å². The number of hydrogen-bond donors (Lipinski definition) is 0. The highest BCUT2D eigenvalue weighted by Gasteiger charge is 2.16. The molecule has 0 saturated heterocycles. The highest BCUT2D eigenvalue weighted by Crippen LogP contribution is 2.33. The van der Waals surface area contributed by atoms with E-state index in [1.807, 2.05) is 0 Å². The molecule has 1 rings (SSSR count). The van der Waals surface area contributed by atoms with Crippen LogP contribution < -0.4 is 0 Å². The summed E-state index contributed by atoms with van der Waals surface area (Å²) in [7, 11) is 0. The van der Waals surface area contributed by atoms with Crippen molar-refractivity contribution < 1.29 is 0 Å². The summed E-state index contributed by atoms with van der Waals surface area (Å²) < 4.78 is 0. The van der Waals surface area contributed by atoms with Gasteiger partial charge in [-0.15, -0.1) is 0 Å². The Morgan fingerprint density at radius 1 is 0.750 bits per heavy atom. The van der Waals surface area contributed by atoms with E-state index in [-0.39, 0.29) is 0 Å². The van der Waals surface area contributed by atoms with Crippen molar-refractivity contribution >= 4 is 0 Å². The fraction of sp³-hybridized carbons (Fsp3) is 0.833. The molecule has 0 spiro atoms. The predicted octanol–water partition coefficient (Wildman–Crippen LogP) is 4.17. The minimum absolute atomic E-state index is 0.780. The van der Waals surface area contributed by atoms with Gasteiger partial charge in [0.1, 0.15) is 0 Å². The minimum atomic E-state index is 0.780. The highest BCUT2D eigenvalue weighted by molar-refractivity contribution is 5.20. The second kappa shape index (κ2) is 4.11. The third kappa shape index (κ3) is 2.12. The van der Waals surface area contributed by atoms with Crippen LogP contribution in [0.4, 0.5) is 0 Å². The van der Waals surface area contributed by atoms with E-state index in [4.69, 9.17) is 0 Å². The molecule has 0 fully saturated rings. The Kier molecular flexibility index (Phi) is 3.37. The van der Waals surface area contributed by atoms with Crippen LogP contribution in [-0.4, -0.2) is 0 Å². The Bertz CT molecular complexity index is 152. The molecule has 1 aliphatic carbocycles. The molecule has 0 radical (unpaired) electrons. The first kappa shape index (κ1) is 9.83. The lowest BCUT2D eigenvalue weighted by molar-refractivity contribution is 0.549. The largest absolute Gasteiger partial charge is 0.0682 e. The van der Waals surface area contributed by atoms with Crippen LogP contribution in [0.2, 0.25) is 0 Å². The van der Waals surface area contributed by atoms with Gasteiger partial charge in [0.25, 0.3) is 0 Å². The van der Waals surface area contributed by atoms with Crippen LogP contribution in [-0.2, 0) is 0 Å². The topological polar surface area (TPSA) is 0 Å². The second-order valence-electron chi connectivity index (χ2n) is 4.57. The molecule has 0 N–H and O–H groups in total. The van der Waals surface area contributed by atoms with Crippen molar-refractivity contribution in [2.24, 2.45) is 11.8 Å². The summed E-state index contributed by atoms with van der Waals surface area (Å²) in [5, 5.41) is 0. The second-order valence-corrected chi connectivity index (χ2v) is 4.57. The van der Waals surface area contributed by atoms with E-state index < -0.39 is 0 Å². The van der Waals surface area contributed by atoms with Gasteiger partial charge in [0.2, 0.25) is 0 Å². The normalized spacial score (nSPS) is 19.5. The molecule has 0 heteroatoms. The van der Waals surface area contributed by atoms with Gasteiger partial charge >= 0.3 is 0 Å². The summed E-state index contributed by atoms with van der Waals surface area (Å²) >= 11 is 0. The van der Waals surface area contributed by atoms with Gasteiger partial charge in [-0.05, 0) is 37.5 Å². The van der Waals surface area contributed by atoms with Crippen molar-refractivity contribution in [2.45, 2.75) is 53.4 Å². The molecule has 0 saturated carbocycles. The molecule has 0 nitrogen and oxygen atoms in total. The third-order valence-electron chi connectivity index (χ3n) is 2.95. The first-order valence-electron chi connectivity index (χ1n) is 5.34. The van der Waals surface area contributed by atoms with Crippen LogP contribution in [0.5, 0.6) is 0 Å². The first-order chi connectivity index (χ1) is 5.63. The van der Waals surface area contributed by atoms with Gasteiger partial charge in [-0.25, -0.2) is 0 Å². The zero-order valence-electron chi connectivity index (χ0n) is 8.98. The fourth-order valence-corrected chi connectivity index (χ4v) is 2.27. The monoisotopic (exact) mass is 166 g/mol. The van der Waals surface area contributed by atoms with Gasteiger partial charge in [-0.2, -0.15) is 0 Å². The lowest BCUT2D eigenvalue weighted by Gasteiger charge is -2.25. The smallest absolute Gasteiger partial charge is 0.0257 e. The number of rotatable bonds is 2. The summed E-state index contributed by atoms with van der Waals surface area (Å²) in [6.07, 6.45) is 5.57. The number of hydrogen-bond acceptors (Lipinski definition) is 0. The molecule has 0 bridgehead atoms. The van der Waals surface area contributed by atoms with Crippen molar-refractivity contribution in [3.63, 3.8) is 0 Å². The van der Waals surface area contributed by atoms with Crippen LogP contribution in [0.3, 0.4) is 0 Å². The Balaban J connectivity index is 2.83. The van der Waals surface area contributed by atoms with Crippen molar-refractivity contribution in [3.8, 4) is 0 Å². The third-order valence-corrected chi connectivity index (χ3v) is 2.95. The van der Waals surface area contributed by atoms with Crippen LogP contribution in [0.15, 0.2) is 11.1 Å². The van der Waals surface area contributed by atoms with E-state index in [1.54, 1.807) is 11.1 Å². The molecule has 0 aromatic carbocycles. The molecular formula is C12H22. The molecule has 0 unspecified atom stereocenters. The van der Waals surface area contributed by atoms with Gasteiger partial charge in [-0.1, -0.05) is 38.8 Å². The Labute approximate surface area is 77.1 Å². The summed E-state index contributed by atoms with van der Waals surface area (Å²) in [4.78, 5) is 0. The predicted molar refractivity (Wildman–Crippen MR) is 55.2 cm³/mol. The Morgan fingerprint density at radius 3 is 1.33 bits per heavy atom. The molecule has 0 heterocycles. The summed E-state index contributed by atoms with van der Waals surface area (Å²) in [6.45, 7) is 9.35. The van der Waals surface area contributed by atoms with Gasteiger partial charge in [0, 0.05) is 0 Å². The zero-order valence-corrected chi connectivity index (χ0v) is 8.98. The molecular weight excluding hydrogens is 144 g/mol. The Morgan fingerprint density at radius 2 is 1.08 bits per heavy atom. The zero-order chi connectivity index (χ0) is 9.14. The maximum absolute atomic E-state index is 2.34. The summed E-state index contributed by atoms with van der Waals surface area (Å²) in [6, 6.07) is 0. The molecule has 70 valence electrons. The SMILES string of the molecule is CC(C)C1=C(C(C)C)CCCC1. The Hall–Kier alpha value is -0.260. The molecule has 0 atom stereocenters. The van der Waals surface area contributed by atoms with E-state index in [0.717, 1.165) is 11.8 Å². The first-order valence-corrected chi connectivity index (χ1v) is 5.34. The summed E-state index contributed by atoms with van der Waals surface area (Å²) in [5.41, 5.74) is 3.52. The van der Waals surface area contributed by atoms with Crippen LogP contribution in [0.1, 0.15) is 53.4 Å². The summed E-state index contributed by atoms with van der Waals surface area (Å²) in [5.74, 6) is 1.56.